The first-order valence-electron chi connectivity index (χ1n) is 2.15. The van der Waals surface area contributed by atoms with E-state index in [0.29, 0.717) is 0 Å². The highest BCUT2D eigenvalue weighted by Gasteiger charge is 2.00. The summed E-state index contributed by atoms with van der Waals surface area (Å²) in [5, 5.41) is 3.03. The van der Waals surface area contributed by atoms with Crippen molar-refractivity contribution in [3.05, 3.63) is 22.8 Å². The number of hydrogen-bond acceptors (Lipinski definition) is 1. The molecule has 0 aromatic carbocycles. The Bertz CT molecular complexity index is 139. The predicted octanol–water partition coefficient (Wildman–Crippen LogP) is 1.91. The van der Waals surface area contributed by atoms with Gasteiger partial charge in [0.2, 0.25) is 0 Å². The van der Waals surface area contributed by atoms with Crippen LogP contribution in [0.15, 0.2) is 16.8 Å². The SMILES string of the molecule is BrC1=[C]C=CC(Br)N1. The van der Waals surface area contributed by atoms with Gasteiger partial charge in [-0.15, -0.1) is 0 Å². The van der Waals surface area contributed by atoms with E-state index in [9.17, 15) is 0 Å². The number of allylic oxidation sites excluding steroid dienone is 2. The summed E-state index contributed by atoms with van der Waals surface area (Å²) in [6, 6.07) is 0. The molecule has 1 N–H and O–H groups in total. The maximum absolute atomic E-state index is 3.34. The number of halogens is 2. The molecule has 0 saturated heterocycles. The summed E-state index contributed by atoms with van der Waals surface area (Å²) in [5.41, 5.74) is 0. The third-order valence-corrected chi connectivity index (χ3v) is 1.73. The zero-order chi connectivity index (χ0) is 5.98. The van der Waals surface area contributed by atoms with E-state index in [1.807, 2.05) is 12.2 Å². The molecule has 1 atom stereocenters. The van der Waals surface area contributed by atoms with Gasteiger partial charge in [-0.3, -0.25) is 0 Å². The minimum Gasteiger partial charge on any atom is -0.363 e. The van der Waals surface area contributed by atoms with E-state index in [1.165, 1.54) is 0 Å². The molecule has 3 heteroatoms. The van der Waals surface area contributed by atoms with Crippen LogP contribution >= 0.6 is 31.9 Å². The molecule has 1 radical (unpaired) electrons. The molecule has 1 unspecified atom stereocenters. The van der Waals surface area contributed by atoms with Crippen LogP contribution in [-0.2, 0) is 0 Å². The lowest BCUT2D eigenvalue weighted by molar-refractivity contribution is 0.910. The number of rotatable bonds is 0. The first-order chi connectivity index (χ1) is 3.79. The number of hydrogen-bond donors (Lipinski definition) is 1. The molecule has 43 valence electrons. The largest absolute Gasteiger partial charge is 0.363 e. The quantitative estimate of drug-likeness (QED) is 0.502. The van der Waals surface area contributed by atoms with Gasteiger partial charge in [-0.1, -0.05) is 28.1 Å². The number of alkyl halides is 1. The van der Waals surface area contributed by atoms with Gasteiger partial charge in [0.1, 0.15) is 4.95 Å². The highest BCUT2D eigenvalue weighted by Crippen LogP contribution is 2.10. The third kappa shape index (κ3) is 1.63. The van der Waals surface area contributed by atoms with Crippen LogP contribution in [-0.4, -0.2) is 4.95 Å². The van der Waals surface area contributed by atoms with Crippen LogP contribution in [0, 0.1) is 6.08 Å². The van der Waals surface area contributed by atoms with Crippen LogP contribution in [0.3, 0.4) is 0 Å². The molecular formula is C5H4Br2N. The fourth-order valence-electron chi connectivity index (χ4n) is 0.417. The molecular weight excluding hydrogens is 234 g/mol. The van der Waals surface area contributed by atoms with Crippen LogP contribution in [0.4, 0.5) is 0 Å². The summed E-state index contributed by atoms with van der Waals surface area (Å²) in [5.74, 6) is 0. The molecule has 8 heavy (non-hydrogen) atoms. The maximum atomic E-state index is 3.34. The molecule has 0 aromatic rings. The van der Waals surface area contributed by atoms with Crippen molar-refractivity contribution in [3.8, 4) is 0 Å². The Morgan fingerprint density at radius 1 is 1.75 bits per heavy atom. The summed E-state index contributed by atoms with van der Waals surface area (Å²) >= 11 is 6.58. The first-order valence-corrected chi connectivity index (χ1v) is 3.86. The Morgan fingerprint density at radius 2 is 2.50 bits per heavy atom. The smallest absolute Gasteiger partial charge is 0.101 e. The molecule has 1 nitrogen and oxygen atoms in total. The maximum Gasteiger partial charge on any atom is 0.101 e. The molecule has 1 aliphatic heterocycles. The molecule has 0 amide bonds. The summed E-state index contributed by atoms with van der Waals surface area (Å²) in [6.07, 6.45) is 6.75. The van der Waals surface area contributed by atoms with Gasteiger partial charge in [-0.2, -0.15) is 0 Å². The zero-order valence-corrected chi connectivity index (χ0v) is 7.16. The van der Waals surface area contributed by atoms with Crippen molar-refractivity contribution in [1.29, 1.82) is 0 Å². The second-order valence-electron chi connectivity index (χ2n) is 1.36. The molecule has 0 saturated carbocycles. The van der Waals surface area contributed by atoms with E-state index in [4.69, 9.17) is 0 Å². The van der Waals surface area contributed by atoms with E-state index >= 15 is 0 Å². The average molecular weight is 238 g/mol. The standard InChI is InChI=1S/C5H4Br2N/c6-4-2-1-3-5(7)8-4/h1-2,4,8H. The molecule has 1 aliphatic rings. The van der Waals surface area contributed by atoms with Crippen molar-refractivity contribution in [2.24, 2.45) is 0 Å². The molecule has 0 fully saturated rings. The second-order valence-corrected chi connectivity index (χ2v) is 3.14. The fraction of sp³-hybridized carbons (Fsp3) is 0.200. The van der Waals surface area contributed by atoms with Crippen molar-refractivity contribution in [2.75, 3.05) is 0 Å². The van der Waals surface area contributed by atoms with E-state index in [-0.39, 0.29) is 4.95 Å². The topological polar surface area (TPSA) is 12.0 Å². The Morgan fingerprint density at radius 3 is 2.88 bits per heavy atom. The van der Waals surface area contributed by atoms with Gasteiger partial charge in [0.25, 0.3) is 0 Å². The first kappa shape index (κ1) is 6.36. The lowest BCUT2D eigenvalue weighted by Gasteiger charge is -2.10. The third-order valence-electron chi connectivity index (χ3n) is 0.740. The minimum atomic E-state index is 0.248. The Kier molecular flexibility index (Phi) is 2.14. The summed E-state index contributed by atoms with van der Waals surface area (Å²) < 4.78 is 0.891. The Balaban J connectivity index is 2.59. The molecule has 0 aromatic heterocycles. The molecule has 1 rings (SSSR count). The summed E-state index contributed by atoms with van der Waals surface area (Å²) in [4.78, 5) is 0.248. The lowest BCUT2D eigenvalue weighted by Crippen LogP contribution is -2.19. The summed E-state index contributed by atoms with van der Waals surface area (Å²) in [7, 11) is 0. The van der Waals surface area contributed by atoms with Crippen molar-refractivity contribution in [1.82, 2.24) is 5.32 Å². The minimum absolute atomic E-state index is 0.248. The molecule has 0 bridgehead atoms. The van der Waals surface area contributed by atoms with Crippen molar-refractivity contribution < 1.29 is 0 Å². The van der Waals surface area contributed by atoms with Crippen LogP contribution < -0.4 is 5.32 Å². The van der Waals surface area contributed by atoms with E-state index in [2.05, 4.69) is 43.3 Å². The monoisotopic (exact) mass is 236 g/mol. The predicted molar refractivity (Wildman–Crippen MR) is 40.7 cm³/mol. The van der Waals surface area contributed by atoms with Gasteiger partial charge in [0.05, 0.1) is 4.61 Å². The van der Waals surface area contributed by atoms with Gasteiger partial charge < -0.3 is 5.32 Å². The summed E-state index contributed by atoms with van der Waals surface area (Å²) in [6.45, 7) is 0. The highest BCUT2D eigenvalue weighted by molar-refractivity contribution is 9.12. The van der Waals surface area contributed by atoms with E-state index in [0.717, 1.165) is 4.61 Å². The van der Waals surface area contributed by atoms with Crippen molar-refractivity contribution in [3.63, 3.8) is 0 Å². The van der Waals surface area contributed by atoms with Gasteiger partial charge in [0, 0.05) is 6.08 Å². The second kappa shape index (κ2) is 2.69. The van der Waals surface area contributed by atoms with Gasteiger partial charge in [-0.25, -0.2) is 0 Å². The normalized spacial score (nSPS) is 26.8. The molecule has 0 aliphatic carbocycles. The van der Waals surface area contributed by atoms with Crippen LogP contribution in [0.5, 0.6) is 0 Å². The van der Waals surface area contributed by atoms with Crippen LogP contribution in [0.25, 0.3) is 0 Å². The van der Waals surface area contributed by atoms with Crippen LogP contribution in [0.2, 0.25) is 0 Å². The number of nitrogens with one attached hydrogen (secondary N) is 1. The fourth-order valence-corrected chi connectivity index (χ4v) is 1.48. The van der Waals surface area contributed by atoms with E-state index in [1.54, 1.807) is 0 Å². The van der Waals surface area contributed by atoms with E-state index < -0.39 is 0 Å². The Labute approximate surface area is 65.1 Å². The molecule has 0 spiro atoms. The van der Waals surface area contributed by atoms with Gasteiger partial charge in [0.15, 0.2) is 0 Å². The number of dihydropyridines is 1. The Hall–Kier alpha value is 0.240. The molecule has 1 heterocycles. The van der Waals surface area contributed by atoms with Gasteiger partial charge >= 0.3 is 0 Å². The lowest BCUT2D eigenvalue weighted by atomic mass is 10.4. The van der Waals surface area contributed by atoms with Crippen molar-refractivity contribution in [2.45, 2.75) is 4.95 Å². The van der Waals surface area contributed by atoms with Gasteiger partial charge in [-0.05, 0) is 15.9 Å². The van der Waals surface area contributed by atoms with Crippen LogP contribution in [0.1, 0.15) is 0 Å². The average Bonchev–Trinajstić information content (AvgIpc) is 1.64. The zero-order valence-electron chi connectivity index (χ0n) is 3.99. The van der Waals surface area contributed by atoms with Crippen molar-refractivity contribution >= 4 is 31.9 Å². The highest BCUT2D eigenvalue weighted by atomic mass is 79.9.